The zero-order valence-electron chi connectivity index (χ0n) is 11.2. The minimum atomic E-state index is -0.965. The minimum absolute atomic E-state index is 0.0508. The first kappa shape index (κ1) is 15.4. The Morgan fingerprint density at radius 2 is 1.95 bits per heavy atom. The zero-order valence-corrected chi connectivity index (χ0v) is 12.0. The van der Waals surface area contributed by atoms with Crippen LogP contribution in [0.4, 0.5) is 0 Å². The Kier molecular flexibility index (Phi) is 5.23. The Balaban J connectivity index is 2.49. The Morgan fingerprint density at radius 3 is 2.42 bits per heavy atom. The maximum atomic E-state index is 11.9. The van der Waals surface area contributed by atoms with Crippen LogP contribution in [0.1, 0.15) is 39.9 Å². The van der Waals surface area contributed by atoms with Crippen LogP contribution >= 0.6 is 11.3 Å². The number of ether oxygens (including phenoxy) is 1. The molecule has 5 nitrogen and oxygen atoms in total. The van der Waals surface area contributed by atoms with Crippen molar-refractivity contribution in [2.75, 3.05) is 0 Å². The average Bonchev–Trinajstić information content (AvgIpc) is 2.65. The molecule has 0 saturated heterocycles. The van der Waals surface area contributed by atoms with Crippen LogP contribution in [-0.4, -0.2) is 23.8 Å². The van der Waals surface area contributed by atoms with Crippen molar-refractivity contribution in [2.24, 2.45) is 5.73 Å². The summed E-state index contributed by atoms with van der Waals surface area (Å²) < 4.78 is 4.77. The fourth-order valence-electron chi connectivity index (χ4n) is 1.57. The van der Waals surface area contributed by atoms with Crippen LogP contribution in [0, 0.1) is 13.8 Å². The van der Waals surface area contributed by atoms with Crippen molar-refractivity contribution in [3.8, 4) is 0 Å². The first-order chi connectivity index (χ1) is 8.81. The van der Waals surface area contributed by atoms with Crippen molar-refractivity contribution in [3.05, 3.63) is 21.4 Å². The van der Waals surface area contributed by atoms with Gasteiger partial charge in [0.2, 0.25) is 0 Å². The van der Waals surface area contributed by atoms with Crippen molar-refractivity contribution in [1.29, 1.82) is 0 Å². The molecule has 0 radical (unpaired) electrons. The van der Waals surface area contributed by atoms with Crippen LogP contribution in [0.3, 0.4) is 0 Å². The van der Waals surface area contributed by atoms with E-state index in [1.807, 2.05) is 19.9 Å². The molecule has 0 fully saturated rings. The summed E-state index contributed by atoms with van der Waals surface area (Å²) in [5.74, 6) is -1.39. The Morgan fingerprint density at radius 1 is 1.32 bits per heavy atom. The summed E-state index contributed by atoms with van der Waals surface area (Å²) in [7, 11) is 0. The molecular formula is C13H17NO4S. The van der Waals surface area contributed by atoms with Gasteiger partial charge in [-0.05, 0) is 26.8 Å². The number of aryl methyl sites for hydroxylation is 2. The minimum Gasteiger partial charge on any atom is -0.453 e. The molecule has 0 bridgehead atoms. The molecule has 1 unspecified atom stereocenters. The Hall–Kier alpha value is -1.69. The van der Waals surface area contributed by atoms with Crippen molar-refractivity contribution >= 4 is 29.0 Å². The number of hydrogen-bond acceptors (Lipinski definition) is 5. The number of hydrogen-bond donors (Lipinski definition) is 1. The van der Waals surface area contributed by atoms with Gasteiger partial charge in [0.05, 0.1) is 6.42 Å². The van der Waals surface area contributed by atoms with E-state index in [-0.39, 0.29) is 18.6 Å². The van der Waals surface area contributed by atoms with Gasteiger partial charge in [0.25, 0.3) is 5.91 Å². The summed E-state index contributed by atoms with van der Waals surface area (Å²) in [4.78, 5) is 36.0. The molecule has 1 atom stereocenters. The van der Waals surface area contributed by atoms with Gasteiger partial charge in [-0.15, -0.1) is 11.3 Å². The van der Waals surface area contributed by atoms with E-state index in [1.54, 1.807) is 11.3 Å². The smallest absolute Gasteiger partial charge is 0.307 e. The highest BCUT2D eigenvalue weighted by Gasteiger charge is 2.17. The lowest BCUT2D eigenvalue weighted by atomic mass is 10.1. The van der Waals surface area contributed by atoms with Crippen LogP contribution < -0.4 is 5.73 Å². The summed E-state index contributed by atoms with van der Waals surface area (Å²) in [5, 5.41) is 0. The van der Waals surface area contributed by atoms with Crippen molar-refractivity contribution < 1.29 is 19.1 Å². The second-order valence-electron chi connectivity index (χ2n) is 4.28. The molecule has 1 aromatic heterocycles. The number of nitrogens with two attached hydrogens (primary N) is 1. The number of amides is 1. The van der Waals surface area contributed by atoms with Gasteiger partial charge < -0.3 is 10.5 Å². The monoisotopic (exact) mass is 283 g/mol. The normalized spacial score (nSPS) is 11.9. The molecule has 0 aliphatic carbocycles. The van der Waals surface area contributed by atoms with E-state index in [4.69, 9.17) is 10.5 Å². The fraction of sp³-hybridized carbons (Fsp3) is 0.462. The second kappa shape index (κ2) is 6.47. The van der Waals surface area contributed by atoms with Gasteiger partial charge in [0.1, 0.15) is 0 Å². The van der Waals surface area contributed by atoms with Gasteiger partial charge in [-0.2, -0.15) is 0 Å². The van der Waals surface area contributed by atoms with Crippen LogP contribution in [0.15, 0.2) is 6.07 Å². The largest absolute Gasteiger partial charge is 0.453 e. The first-order valence-corrected chi connectivity index (χ1v) is 6.72. The number of carbonyl (C=O) groups excluding carboxylic acids is 3. The third-order valence-corrected chi connectivity index (χ3v) is 3.57. The number of carbonyl (C=O) groups is 3. The average molecular weight is 283 g/mol. The van der Waals surface area contributed by atoms with Crippen LogP contribution in [-0.2, 0) is 14.3 Å². The van der Waals surface area contributed by atoms with E-state index in [1.165, 1.54) is 6.92 Å². The summed E-state index contributed by atoms with van der Waals surface area (Å²) >= 11 is 1.55. The Labute approximate surface area is 115 Å². The summed E-state index contributed by atoms with van der Waals surface area (Å²) in [6, 6.07) is 1.82. The number of esters is 1. The number of Topliss-reactive ketones (excluding diaryl/α,β-unsaturated/α-hetero) is 1. The predicted octanol–water partition coefficient (Wildman–Crippen LogP) is 1.74. The summed E-state index contributed by atoms with van der Waals surface area (Å²) in [6.07, 6.45) is -0.945. The first-order valence-electron chi connectivity index (χ1n) is 5.90. The van der Waals surface area contributed by atoms with Crippen LogP contribution in [0.5, 0.6) is 0 Å². The maximum Gasteiger partial charge on any atom is 0.307 e. The van der Waals surface area contributed by atoms with E-state index >= 15 is 0 Å². The third kappa shape index (κ3) is 4.48. The molecule has 0 aliphatic rings. The molecule has 6 heteroatoms. The highest BCUT2D eigenvalue weighted by molar-refractivity contribution is 7.12. The molecule has 0 spiro atoms. The predicted molar refractivity (Wildman–Crippen MR) is 72.1 cm³/mol. The maximum absolute atomic E-state index is 11.9. The molecule has 1 rings (SSSR count). The van der Waals surface area contributed by atoms with Gasteiger partial charge in [0, 0.05) is 21.7 Å². The molecule has 1 amide bonds. The molecule has 19 heavy (non-hydrogen) atoms. The SMILES string of the molecule is Cc1cc(C(=O)CCC(=O)OC(C)C(N)=O)c(C)s1. The molecular weight excluding hydrogens is 266 g/mol. The molecule has 104 valence electrons. The molecule has 0 saturated carbocycles. The van der Waals surface area contributed by atoms with E-state index < -0.39 is 18.0 Å². The summed E-state index contributed by atoms with van der Waals surface area (Å²) in [5.41, 5.74) is 5.62. The number of primary amides is 1. The number of thiophene rings is 1. The van der Waals surface area contributed by atoms with Gasteiger partial charge in [-0.3, -0.25) is 14.4 Å². The van der Waals surface area contributed by atoms with Crippen molar-refractivity contribution in [2.45, 2.75) is 39.7 Å². The lowest BCUT2D eigenvalue weighted by Crippen LogP contribution is -2.30. The molecule has 2 N–H and O–H groups in total. The number of ketones is 1. The Bertz CT molecular complexity index is 507. The summed E-state index contributed by atoms with van der Waals surface area (Å²) in [6.45, 7) is 5.20. The van der Waals surface area contributed by atoms with Crippen LogP contribution in [0.25, 0.3) is 0 Å². The lowest BCUT2D eigenvalue weighted by molar-refractivity contribution is -0.153. The van der Waals surface area contributed by atoms with Crippen molar-refractivity contribution in [3.63, 3.8) is 0 Å². The quantitative estimate of drug-likeness (QED) is 0.636. The van der Waals surface area contributed by atoms with Crippen LogP contribution in [0.2, 0.25) is 0 Å². The molecule has 0 aromatic carbocycles. The molecule has 1 aromatic rings. The molecule has 0 aliphatic heterocycles. The number of rotatable bonds is 6. The molecule has 1 heterocycles. The highest BCUT2D eigenvalue weighted by Crippen LogP contribution is 2.22. The van der Waals surface area contributed by atoms with E-state index in [0.717, 1.165) is 9.75 Å². The fourth-order valence-corrected chi connectivity index (χ4v) is 2.51. The zero-order chi connectivity index (χ0) is 14.6. The topological polar surface area (TPSA) is 86.5 Å². The second-order valence-corrected chi connectivity index (χ2v) is 5.74. The standard InChI is InChI=1S/C13H17NO4S/c1-7-6-10(9(3)19-7)11(15)4-5-12(16)18-8(2)13(14)17/h6,8H,4-5H2,1-3H3,(H2,14,17). The third-order valence-electron chi connectivity index (χ3n) is 2.61. The van der Waals surface area contributed by atoms with Gasteiger partial charge in [-0.25, -0.2) is 0 Å². The lowest BCUT2D eigenvalue weighted by Gasteiger charge is -2.08. The van der Waals surface area contributed by atoms with E-state index in [9.17, 15) is 14.4 Å². The van der Waals surface area contributed by atoms with Crippen molar-refractivity contribution in [1.82, 2.24) is 0 Å². The highest BCUT2D eigenvalue weighted by atomic mass is 32.1. The van der Waals surface area contributed by atoms with E-state index in [0.29, 0.717) is 5.56 Å². The van der Waals surface area contributed by atoms with Gasteiger partial charge >= 0.3 is 5.97 Å². The van der Waals surface area contributed by atoms with E-state index in [2.05, 4.69) is 0 Å². The van der Waals surface area contributed by atoms with Gasteiger partial charge in [-0.1, -0.05) is 0 Å². The van der Waals surface area contributed by atoms with Gasteiger partial charge in [0.15, 0.2) is 11.9 Å².